The Kier molecular flexibility index (Phi) is 7.20. The molecule has 0 aromatic carbocycles. The Labute approximate surface area is 101 Å². The van der Waals surface area contributed by atoms with Crippen LogP contribution in [0.2, 0.25) is 0 Å². The molecule has 0 rings (SSSR count). The third kappa shape index (κ3) is 4.81. The minimum atomic E-state index is -0.291. The van der Waals surface area contributed by atoms with E-state index in [1.165, 1.54) is 0 Å². The predicted octanol–water partition coefficient (Wildman–Crippen LogP) is 2.04. The van der Waals surface area contributed by atoms with Crippen LogP contribution in [-0.4, -0.2) is 37.5 Å². The molecule has 0 aliphatic heterocycles. The molecule has 0 aromatic heterocycles. The molecule has 98 valence electrons. The number of methoxy groups -OCH3 is 1. The summed E-state index contributed by atoms with van der Waals surface area (Å²) in [5, 5.41) is 13.3. The van der Waals surface area contributed by atoms with Gasteiger partial charge in [-0.3, -0.25) is 0 Å². The van der Waals surface area contributed by atoms with Crippen LogP contribution in [0.3, 0.4) is 0 Å². The molecule has 16 heavy (non-hydrogen) atoms. The van der Waals surface area contributed by atoms with E-state index in [0.717, 1.165) is 19.6 Å². The molecule has 3 unspecified atom stereocenters. The van der Waals surface area contributed by atoms with E-state index in [1.54, 1.807) is 7.11 Å². The van der Waals surface area contributed by atoms with Gasteiger partial charge in [0.1, 0.15) is 0 Å². The van der Waals surface area contributed by atoms with E-state index in [9.17, 15) is 5.11 Å². The molecule has 0 amide bonds. The summed E-state index contributed by atoms with van der Waals surface area (Å²) in [7, 11) is 1.73. The summed E-state index contributed by atoms with van der Waals surface area (Å²) in [6.07, 6.45) is 0.676. The van der Waals surface area contributed by atoms with Crippen LogP contribution in [0.5, 0.6) is 0 Å². The monoisotopic (exact) mass is 231 g/mol. The molecule has 0 radical (unpaired) electrons. The average molecular weight is 231 g/mol. The second-order valence-corrected chi connectivity index (χ2v) is 5.37. The standard InChI is InChI=1S/C13H29NO2/c1-7-13(5,11(4)15)9-14-12(8-16-6)10(2)3/h10-12,14-15H,7-9H2,1-6H3. The third-order valence-corrected chi connectivity index (χ3v) is 3.74. The molecular formula is C13H29NO2. The number of rotatable bonds is 8. The van der Waals surface area contributed by atoms with E-state index in [4.69, 9.17) is 4.74 Å². The van der Waals surface area contributed by atoms with Gasteiger partial charge in [0, 0.05) is 25.1 Å². The summed E-state index contributed by atoms with van der Waals surface area (Å²) in [4.78, 5) is 0. The molecule has 0 heterocycles. The quantitative estimate of drug-likeness (QED) is 0.672. The van der Waals surface area contributed by atoms with Crippen LogP contribution in [-0.2, 0) is 4.74 Å². The maximum atomic E-state index is 9.78. The Morgan fingerprint density at radius 3 is 2.19 bits per heavy atom. The van der Waals surface area contributed by atoms with Gasteiger partial charge in [0.2, 0.25) is 0 Å². The number of aliphatic hydroxyl groups excluding tert-OH is 1. The van der Waals surface area contributed by atoms with Crippen molar-refractivity contribution in [3.8, 4) is 0 Å². The van der Waals surface area contributed by atoms with E-state index in [1.807, 2.05) is 6.92 Å². The minimum absolute atomic E-state index is 0.0547. The number of aliphatic hydroxyl groups is 1. The molecule has 0 saturated carbocycles. The zero-order valence-electron chi connectivity index (χ0n) is 11.7. The molecule has 3 heteroatoms. The highest BCUT2D eigenvalue weighted by atomic mass is 16.5. The van der Waals surface area contributed by atoms with Crippen molar-refractivity contribution in [2.45, 2.75) is 53.2 Å². The third-order valence-electron chi connectivity index (χ3n) is 3.74. The van der Waals surface area contributed by atoms with Gasteiger partial charge < -0.3 is 15.2 Å². The van der Waals surface area contributed by atoms with Crippen LogP contribution < -0.4 is 5.32 Å². The fraction of sp³-hybridized carbons (Fsp3) is 1.00. The number of hydrogen-bond donors (Lipinski definition) is 2. The van der Waals surface area contributed by atoms with E-state index >= 15 is 0 Å². The van der Waals surface area contributed by atoms with Crippen molar-refractivity contribution in [1.82, 2.24) is 5.32 Å². The minimum Gasteiger partial charge on any atom is -0.393 e. The molecule has 0 bridgehead atoms. The molecular weight excluding hydrogens is 202 g/mol. The lowest BCUT2D eigenvalue weighted by Gasteiger charge is -2.34. The highest BCUT2D eigenvalue weighted by Gasteiger charge is 2.29. The number of ether oxygens (including phenoxy) is 1. The molecule has 3 nitrogen and oxygen atoms in total. The summed E-state index contributed by atoms with van der Waals surface area (Å²) in [6.45, 7) is 12.0. The Balaban J connectivity index is 4.26. The lowest BCUT2D eigenvalue weighted by atomic mass is 9.82. The molecule has 0 saturated heterocycles. The Morgan fingerprint density at radius 1 is 1.31 bits per heavy atom. The average Bonchev–Trinajstić information content (AvgIpc) is 2.22. The van der Waals surface area contributed by atoms with Crippen LogP contribution >= 0.6 is 0 Å². The summed E-state index contributed by atoms with van der Waals surface area (Å²) < 4.78 is 5.20. The van der Waals surface area contributed by atoms with E-state index in [2.05, 4.69) is 33.0 Å². The zero-order valence-corrected chi connectivity index (χ0v) is 11.7. The Morgan fingerprint density at radius 2 is 1.88 bits per heavy atom. The smallest absolute Gasteiger partial charge is 0.0618 e. The molecule has 0 aliphatic rings. The van der Waals surface area contributed by atoms with Crippen LogP contribution in [0.25, 0.3) is 0 Å². The zero-order chi connectivity index (χ0) is 12.8. The number of nitrogens with one attached hydrogen (secondary N) is 1. The molecule has 0 aliphatic carbocycles. The van der Waals surface area contributed by atoms with Gasteiger partial charge >= 0.3 is 0 Å². The van der Waals surface area contributed by atoms with Crippen molar-refractivity contribution in [3.05, 3.63) is 0 Å². The van der Waals surface area contributed by atoms with Crippen molar-refractivity contribution in [3.63, 3.8) is 0 Å². The van der Waals surface area contributed by atoms with E-state index < -0.39 is 0 Å². The molecule has 2 N–H and O–H groups in total. The van der Waals surface area contributed by atoms with Gasteiger partial charge in [-0.1, -0.05) is 27.7 Å². The van der Waals surface area contributed by atoms with Gasteiger partial charge in [0.15, 0.2) is 0 Å². The van der Waals surface area contributed by atoms with Gasteiger partial charge in [0.25, 0.3) is 0 Å². The summed E-state index contributed by atoms with van der Waals surface area (Å²) in [5.41, 5.74) is -0.0547. The molecule has 3 atom stereocenters. The van der Waals surface area contributed by atoms with E-state index in [-0.39, 0.29) is 11.5 Å². The molecule has 0 spiro atoms. The molecule has 0 aromatic rings. The Bertz CT molecular complexity index is 183. The second kappa shape index (κ2) is 7.25. The van der Waals surface area contributed by atoms with Gasteiger partial charge in [-0.15, -0.1) is 0 Å². The fourth-order valence-corrected chi connectivity index (χ4v) is 1.60. The second-order valence-electron chi connectivity index (χ2n) is 5.37. The van der Waals surface area contributed by atoms with Crippen molar-refractivity contribution in [2.24, 2.45) is 11.3 Å². The van der Waals surface area contributed by atoms with Crippen molar-refractivity contribution < 1.29 is 9.84 Å². The van der Waals surface area contributed by atoms with Crippen molar-refractivity contribution >= 4 is 0 Å². The lowest BCUT2D eigenvalue weighted by Crippen LogP contribution is -2.46. The predicted molar refractivity (Wildman–Crippen MR) is 68.6 cm³/mol. The normalized spacial score (nSPS) is 19.5. The van der Waals surface area contributed by atoms with Crippen LogP contribution in [0.1, 0.15) is 41.0 Å². The summed E-state index contributed by atoms with van der Waals surface area (Å²) >= 11 is 0. The summed E-state index contributed by atoms with van der Waals surface area (Å²) in [5.74, 6) is 0.537. The van der Waals surface area contributed by atoms with Crippen LogP contribution in [0.4, 0.5) is 0 Å². The highest BCUT2D eigenvalue weighted by molar-refractivity contribution is 4.83. The summed E-state index contributed by atoms with van der Waals surface area (Å²) in [6, 6.07) is 0.356. The number of hydrogen-bond acceptors (Lipinski definition) is 3. The van der Waals surface area contributed by atoms with Crippen LogP contribution in [0, 0.1) is 11.3 Å². The SMILES string of the molecule is CCC(C)(CNC(COC)C(C)C)C(C)O. The first-order valence-electron chi connectivity index (χ1n) is 6.27. The van der Waals surface area contributed by atoms with Gasteiger partial charge in [0.05, 0.1) is 12.7 Å². The van der Waals surface area contributed by atoms with Gasteiger partial charge in [-0.2, -0.15) is 0 Å². The topological polar surface area (TPSA) is 41.5 Å². The maximum Gasteiger partial charge on any atom is 0.0618 e. The van der Waals surface area contributed by atoms with Crippen LogP contribution in [0.15, 0.2) is 0 Å². The first-order valence-corrected chi connectivity index (χ1v) is 6.27. The van der Waals surface area contributed by atoms with Gasteiger partial charge in [-0.25, -0.2) is 0 Å². The molecule has 0 fully saturated rings. The van der Waals surface area contributed by atoms with Gasteiger partial charge in [-0.05, 0) is 19.3 Å². The Hall–Kier alpha value is -0.120. The first-order chi connectivity index (χ1) is 7.37. The maximum absolute atomic E-state index is 9.78. The highest BCUT2D eigenvalue weighted by Crippen LogP contribution is 2.25. The fourth-order valence-electron chi connectivity index (χ4n) is 1.60. The first kappa shape index (κ1) is 15.9. The van der Waals surface area contributed by atoms with Crippen molar-refractivity contribution in [2.75, 3.05) is 20.3 Å². The lowest BCUT2D eigenvalue weighted by molar-refractivity contribution is 0.0411. The van der Waals surface area contributed by atoms with E-state index in [0.29, 0.717) is 12.0 Å². The van der Waals surface area contributed by atoms with Crippen molar-refractivity contribution in [1.29, 1.82) is 0 Å². The largest absolute Gasteiger partial charge is 0.393 e.